The van der Waals surface area contributed by atoms with E-state index in [2.05, 4.69) is 9.72 Å². The highest BCUT2D eigenvalue weighted by molar-refractivity contribution is 7.80. The molecule has 6 nitrogen and oxygen atoms in total. The first-order valence-corrected chi connectivity index (χ1v) is 6.23. The first-order valence-electron chi connectivity index (χ1n) is 5.82. The van der Waals surface area contributed by atoms with Gasteiger partial charge in [-0.15, -0.1) is 0 Å². The summed E-state index contributed by atoms with van der Waals surface area (Å²) in [7, 11) is 1.35. The number of nitrogens with zero attached hydrogens (tertiary/aromatic N) is 2. The largest absolute Gasteiger partial charge is 0.467 e. The Morgan fingerprint density at radius 1 is 1.63 bits per heavy atom. The maximum absolute atomic E-state index is 11.5. The molecule has 1 atom stereocenters. The Morgan fingerprint density at radius 3 is 3.00 bits per heavy atom. The van der Waals surface area contributed by atoms with Crippen molar-refractivity contribution in [2.45, 2.75) is 6.10 Å². The minimum atomic E-state index is -0.561. The van der Waals surface area contributed by atoms with E-state index in [1.165, 1.54) is 7.11 Å². The van der Waals surface area contributed by atoms with Crippen LogP contribution in [-0.2, 0) is 14.3 Å². The van der Waals surface area contributed by atoms with Gasteiger partial charge in [-0.25, -0.2) is 4.79 Å². The highest BCUT2D eigenvalue weighted by Crippen LogP contribution is 2.17. The second-order valence-corrected chi connectivity index (χ2v) is 4.53. The third kappa shape index (κ3) is 3.18. The van der Waals surface area contributed by atoms with Gasteiger partial charge in [0.25, 0.3) is 0 Å². The Bertz CT molecular complexity index is 478. The van der Waals surface area contributed by atoms with Crippen LogP contribution in [0.4, 0.5) is 5.69 Å². The Balaban J connectivity index is 2.08. The molecule has 1 saturated heterocycles. The molecule has 1 aliphatic rings. The van der Waals surface area contributed by atoms with E-state index in [1.807, 2.05) is 11.0 Å². The summed E-state index contributed by atoms with van der Waals surface area (Å²) in [4.78, 5) is 17.9. The van der Waals surface area contributed by atoms with Gasteiger partial charge in [-0.2, -0.15) is 0 Å². The van der Waals surface area contributed by atoms with Crippen LogP contribution < -0.4 is 10.6 Å². The van der Waals surface area contributed by atoms with Gasteiger partial charge >= 0.3 is 5.97 Å². The number of morpholine rings is 1. The van der Waals surface area contributed by atoms with Crippen LogP contribution in [0.15, 0.2) is 18.3 Å². The summed E-state index contributed by atoms with van der Waals surface area (Å²) in [5.41, 5.74) is 6.98. The number of carbonyl (C=O) groups is 1. The fraction of sp³-hybridized carbons (Fsp3) is 0.417. The van der Waals surface area contributed by atoms with Crippen molar-refractivity contribution in [3.63, 3.8) is 0 Å². The number of aromatic nitrogens is 1. The van der Waals surface area contributed by atoms with Gasteiger partial charge in [-0.1, -0.05) is 12.2 Å². The molecular formula is C12H15N3O3S. The smallest absolute Gasteiger partial charge is 0.336 e. The maximum Gasteiger partial charge on any atom is 0.336 e. The lowest BCUT2D eigenvalue weighted by Crippen LogP contribution is -2.46. The molecule has 1 unspecified atom stereocenters. The van der Waals surface area contributed by atoms with Gasteiger partial charge in [-0.3, -0.25) is 4.98 Å². The van der Waals surface area contributed by atoms with E-state index in [9.17, 15) is 4.79 Å². The van der Waals surface area contributed by atoms with E-state index in [0.29, 0.717) is 25.4 Å². The van der Waals surface area contributed by atoms with Crippen LogP contribution in [0.2, 0.25) is 0 Å². The molecule has 0 radical (unpaired) electrons. The number of carbonyl (C=O) groups excluding carboxylic acids is 1. The van der Waals surface area contributed by atoms with Crippen molar-refractivity contribution < 1.29 is 14.3 Å². The van der Waals surface area contributed by atoms with Crippen LogP contribution in [0, 0.1) is 0 Å². The monoisotopic (exact) mass is 281 g/mol. The zero-order valence-electron chi connectivity index (χ0n) is 10.5. The van der Waals surface area contributed by atoms with Crippen molar-refractivity contribution in [2.75, 3.05) is 31.7 Å². The van der Waals surface area contributed by atoms with Gasteiger partial charge in [-0.05, 0) is 12.1 Å². The molecule has 1 aromatic rings. The van der Waals surface area contributed by atoms with E-state index >= 15 is 0 Å². The van der Waals surface area contributed by atoms with E-state index in [4.69, 9.17) is 22.7 Å². The predicted molar refractivity (Wildman–Crippen MR) is 74.1 cm³/mol. The molecule has 0 saturated carbocycles. The van der Waals surface area contributed by atoms with Crippen molar-refractivity contribution in [1.29, 1.82) is 0 Å². The Labute approximate surface area is 116 Å². The van der Waals surface area contributed by atoms with Gasteiger partial charge in [0.15, 0.2) is 6.10 Å². The SMILES string of the molecule is COC(=O)C1CN(c2ccc(C(N)=S)nc2)CCO1. The third-order valence-corrected chi connectivity index (χ3v) is 3.11. The molecule has 7 heteroatoms. The zero-order chi connectivity index (χ0) is 13.8. The van der Waals surface area contributed by atoms with Crippen LogP contribution in [0.1, 0.15) is 5.69 Å². The Morgan fingerprint density at radius 2 is 2.42 bits per heavy atom. The summed E-state index contributed by atoms with van der Waals surface area (Å²) in [6, 6.07) is 3.64. The van der Waals surface area contributed by atoms with Crippen LogP contribution in [0.25, 0.3) is 0 Å². The molecule has 0 aliphatic carbocycles. The minimum Gasteiger partial charge on any atom is -0.467 e. The number of thiocarbonyl (C=S) groups is 1. The highest BCUT2D eigenvalue weighted by atomic mass is 32.1. The van der Waals surface area contributed by atoms with Crippen LogP contribution >= 0.6 is 12.2 Å². The lowest BCUT2D eigenvalue weighted by molar-refractivity contribution is -0.154. The number of hydrogen-bond donors (Lipinski definition) is 1. The molecule has 0 amide bonds. The molecule has 19 heavy (non-hydrogen) atoms. The summed E-state index contributed by atoms with van der Waals surface area (Å²) in [6.45, 7) is 1.61. The predicted octanol–water partition coefficient (Wildman–Crippen LogP) is 0.0940. The van der Waals surface area contributed by atoms with Crippen LogP contribution in [-0.4, -0.2) is 48.9 Å². The first kappa shape index (κ1) is 13.7. The number of rotatable bonds is 3. The lowest BCUT2D eigenvalue weighted by atomic mass is 10.2. The quantitative estimate of drug-likeness (QED) is 0.621. The van der Waals surface area contributed by atoms with Gasteiger partial charge in [0.1, 0.15) is 4.99 Å². The highest BCUT2D eigenvalue weighted by Gasteiger charge is 2.27. The standard InChI is InChI=1S/C12H15N3O3S/c1-17-12(16)10-7-15(4-5-18-10)8-2-3-9(11(13)19)14-6-8/h2-3,6,10H,4-5,7H2,1H3,(H2,13,19). The molecule has 1 aromatic heterocycles. The number of hydrogen-bond acceptors (Lipinski definition) is 6. The zero-order valence-corrected chi connectivity index (χ0v) is 11.4. The summed E-state index contributed by atoms with van der Waals surface area (Å²) in [5.74, 6) is -0.364. The second-order valence-electron chi connectivity index (χ2n) is 4.09. The first-order chi connectivity index (χ1) is 9.11. The molecule has 102 valence electrons. The molecule has 2 N–H and O–H groups in total. The maximum atomic E-state index is 11.5. The number of methoxy groups -OCH3 is 1. The van der Waals surface area contributed by atoms with Gasteiger partial charge in [0, 0.05) is 6.54 Å². The summed E-state index contributed by atoms with van der Waals surface area (Å²) >= 11 is 4.85. The van der Waals surface area contributed by atoms with Crippen molar-refractivity contribution in [1.82, 2.24) is 4.98 Å². The molecule has 0 bridgehead atoms. The summed E-state index contributed by atoms with van der Waals surface area (Å²) < 4.78 is 10.1. The summed E-state index contributed by atoms with van der Waals surface area (Å²) in [6.07, 6.45) is 1.13. The fourth-order valence-corrected chi connectivity index (χ4v) is 2.00. The normalized spacial score (nSPS) is 19.0. The van der Waals surface area contributed by atoms with Crippen molar-refractivity contribution >= 4 is 28.9 Å². The number of nitrogens with two attached hydrogens (primary N) is 1. The number of ether oxygens (including phenoxy) is 2. The van der Waals surface area contributed by atoms with E-state index in [-0.39, 0.29) is 11.0 Å². The van der Waals surface area contributed by atoms with Crippen molar-refractivity contribution in [2.24, 2.45) is 5.73 Å². The minimum absolute atomic E-state index is 0.265. The molecule has 2 rings (SSSR count). The summed E-state index contributed by atoms with van der Waals surface area (Å²) in [5, 5.41) is 0. The van der Waals surface area contributed by atoms with Gasteiger partial charge in [0.2, 0.25) is 0 Å². The van der Waals surface area contributed by atoms with E-state index in [1.54, 1.807) is 12.3 Å². The number of anilines is 1. The topological polar surface area (TPSA) is 77.7 Å². The van der Waals surface area contributed by atoms with E-state index in [0.717, 1.165) is 5.69 Å². The second kappa shape index (κ2) is 5.94. The molecule has 0 aromatic carbocycles. The average molecular weight is 281 g/mol. The van der Waals surface area contributed by atoms with Crippen molar-refractivity contribution in [3.8, 4) is 0 Å². The van der Waals surface area contributed by atoms with E-state index < -0.39 is 6.10 Å². The Kier molecular flexibility index (Phi) is 4.28. The number of pyridine rings is 1. The molecule has 1 aliphatic heterocycles. The fourth-order valence-electron chi connectivity index (χ4n) is 1.88. The molecule has 0 spiro atoms. The lowest BCUT2D eigenvalue weighted by Gasteiger charge is -2.32. The number of esters is 1. The van der Waals surface area contributed by atoms with Crippen LogP contribution in [0.5, 0.6) is 0 Å². The van der Waals surface area contributed by atoms with Crippen molar-refractivity contribution in [3.05, 3.63) is 24.0 Å². The van der Waals surface area contributed by atoms with Crippen LogP contribution in [0.3, 0.4) is 0 Å². The van der Waals surface area contributed by atoms with Gasteiger partial charge in [0.05, 0.1) is 37.8 Å². The van der Waals surface area contributed by atoms with Gasteiger partial charge < -0.3 is 20.1 Å². The Hall–Kier alpha value is -1.73. The molecular weight excluding hydrogens is 266 g/mol. The molecule has 1 fully saturated rings. The molecule has 2 heterocycles. The third-order valence-electron chi connectivity index (χ3n) is 2.90. The average Bonchev–Trinajstić information content (AvgIpc) is 2.46.